The van der Waals surface area contributed by atoms with Gasteiger partial charge in [0.15, 0.2) is 0 Å². The SMILES string of the molecule is CCN(C)[C@@H](C(=O)N1[C@H]2CC[C@H]1CC(C)(O)C2)c1ccccc1. The maximum absolute atomic E-state index is 13.4. The van der Waals surface area contributed by atoms with Crippen LogP contribution in [0.5, 0.6) is 0 Å². The lowest BCUT2D eigenvalue weighted by molar-refractivity contribution is -0.146. The molecule has 0 saturated carbocycles. The molecule has 1 amide bonds. The van der Waals surface area contributed by atoms with Crippen molar-refractivity contribution < 1.29 is 9.90 Å². The van der Waals surface area contributed by atoms with E-state index in [0.29, 0.717) is 12.8 Å². The van der Waals surface area contributed by atoms with Gasteiger partial charge in [0.25, 0.3) is 0 Å². The van der Waals surface area contributed by atoms with Crippen LogP contribution in [0.3, 0.4) is 0 Å². The predicted molar refractivity (Wildman–Crippen MR) is 91.0 cm³/mol. The monoisotopic (exact) mass is 316 g/mol. The van der Waals surface area contributed by atoms with Gasteiger partial charge < -0.3 is 10.0 Å². The Bertz CT molecular complexity index is 542. The molecule has 2 saturated heterocycles. The van der Waals surface area contributed by atoms with Gasteiger partial charge in [0.1, 0.15) is 6.04 Å². The Labute approximate surface area is 139 Å². The molecule has 0 unspecified atom stereocenters. The minimum Gasteiger partial charge on any atom is -0.390 e. The molecule has 2 heterocycles. The zero-order valence-electron chi connectivity index (χ0n) is 14.4. The molecule has 0 aliphatic carbocycles. The van der Waals surface area contributed by atoms with Crippen molar-refractivity contribution >= 4 is 5.91 Å². The van der Waals surface area contributed by atoms with Crippen molar-refractivity contribution in [1.29, 1.82) is 0 Å². The highest BCUT2D eigenvalue weighted by Crippen LogP contribution is 2.42. The summed E-state index contributed by atoms with van der Waals surface area (Å²) in [6, 6.07) is 10.2. The molecule has 3 atom stereocenters. The highest BCUT2D eigenvalue weighted by Gasteiger charge is 2.48. The molecular weight excluding hydrogens is 288 g/mol. The van der Waals surface area contributed by atoms with Crippen LogP contribution in [0.2, 0.25) is 0 Å². The van der Waals surface area contributed by atoms with E-state index in [0.717, 1.165) is 24.9 Å². The van der Waals surface area contributed by atoms with Crippen LogP contribution in [0, 0.1) is 0 Å². The summed E-state index contributed by atoms with van der Waals surface area (Å²) >= 11 is 0. The Balaban J connectivity index is 1.88. The summed E-state index contributed by atoms with van der Waals surface area (Å²) in [6.07, 6.45) is 3.44. The zero-order valence-corrected chi connectivity index (χ0v) is 14.4. The van der Waals surface area contributed by atoms with Gasteiger partial charge in [0, 0.05) is 12.1 Å². The number of benzene rings is 1. The number of fused-ring (bicyclic) bond motifs is 2. The van der Waals surface area contributed by atoms with E-state index < -0.39 is 5.60 Å². The van der Waals surface area contributed by atoms with E-state index in [1.807, 2.05) is 44.3 Å². The molecule has 1 N–H and O–H groups in total. The third kappa shape index (κ3) is 3.15. The number of carbonyl (C=O) groups excluding carboxylic acids is 1. The first-order valence-corrected chi connectivity index (χ1v) is 8.72. The maximum atomic E-state index is 13.4. The van der Waals surface area contributed by atoms with Crippen LogP contribution in [-0.2, 0) is 4.79 Å². The van der Waals surface area contributed by atoms with Crippen molar-refractivity contribution in [2.75, 3.05) is 13.6 Å². The second kappa shape index (κ2) is 6.25. The number of carbonyl (C=O) groups is 1. The fraction of sp³-hybridized carbons (Fsp3) is 0.632. The Kier molecular flexibility index (Phi) is 4.47. The van der Waals surface area contributed by atoms with Crippen LogP contribution < -0.4 is 0 Å². The second-order valence-electron chi connectivity index (χ2n) is 7.42. The van der Waals surface area contributed by atoms with E-state index in [4.69, 9.17) is 0 Å². The number of hydrogen-bond donors (Lipinski definition) is 1. The quantitative estimate of drug-likeness (QED) is 0.928. The molecule has 3 rings (SSSR count). The van der Waals surface area contributed by atoms with Gasteiger partial charge in [0.2, 0.25) is 5.91 Å². The summed E-state index contributed by atoms with van der Waals surface area (Å²) in [4.78, 5) is 17.6. The first-order valence-electron chi connectivity index (χ1n) is 8.72. The minimum absolute atomic E-state index is 0.188. The molecule has 23 heavy (non-hydrogen) atoms. The van der Waals surface area contributed by atoms with Crippen molar-refractivity contribution in [3.05, 3.63) is 35.9 Å². The molecule has 2 aliphatic rings. The lowest BCUT2D eigenvalue weighted by Gasteiger charge is -2.44. The van der Waals surface area contributed by atoms with Crippen molar-refractivity contribution in [2.45, 2.75) is 63.3 Å². The fourth-order valence-electron chi connectivity index (χ4n) is 4.37. The zero-order chi connectivity index (χ0) is 16.6. The Hall–Kier alpha value is -1.39. The summed E-state index contributed by atoms with van der Waals surface area (Å²) in [5, 5.41) is 10.4. The molecule has 1 aromatic rings. The topological polar surface area (TPSA) is 43.8 Å². The van der Waals surface area contributed by atoms with Gasteiger partial charge in [-0.15, -0.1) is 0 Å². The van der Waals surface area contributed by atoms with Gasteiger partial charge in [-0.1, -0.05) is 37.3 Å². The van der Waals surface area contributed by atoms with Gasteiger partial charge >= 0.3 is 0 Å². The molecular formula is C19H28N2O2. The first-order chi connectivity index (χ1) is 10.9. The lowest BCUT2D eigenvalue weighted by atomic mass is 9.87. The number of piperidine rings is 1. The number of hydrogen-bond acceptors (Lipinski definition) is 3. The molecule has 4 heteroatoms. The fourth-order valence-corrected chi connectivity index (χ4v) is 4.37. The first kappa shape index (κ1) is 16.5. The van der Waals surface area contributed by atoms with E-state index in [1.54, 1.807) is 0 Å². The number of nitrogens with zero attached hydrogens (tertiary/aromatic N) is 2. The largest absolute Gasteiger partial charge is 0.390 e. The molecule has 126 valence electrons. The summed E-state index contributed by atoms with van der Waals surface area (Å²) in [5.41, 5.74) is 0.431. The van der Waals surface area contributed by atoms with Crippen molar-refractivity contribution in [3.8, 4) is 0 Å². The third-order valence-corrected chi connectivity index (χ3v) is 5.51. The Morgan fingerprint density at radius 3 is 2.39 bits per heavy atom. The van der Waals surface area contributed by atoms with Crippen LogP contribution >= 0.6 is 0 Å². The molecule has 2 bridgehead atoms. The summed E-state index contributed by atoms with van der Waals surface area (Å²) in [5.74, 6) is 0.198. The van der Waals surface area contributed by atoms with Crippen LogP contribution in [-0.4, -0.2) is 52.1 Å². The minimum atomic E-state index is -0.623. The van der Waals surface area contributed by atoms with E-state index in [2.05, 4.69) is 16.7 Å². The number of rotatable bonds is 4. The summed E-state index contributed by atoms with van der Waals surface area (Å²) in [6.45, 7) is 4.82. The van der Waals surface area contributed by atoms with Gasteiger partial charge in [-0.25, -0.2) is 0 Å². The molecule has 0 spiro atoms. The summed E-state index contributed by atoms with van der Waals surface area (Å²) < 4.78 is 0. The summed E-state index contributed by atoms with van der Waals surface area (Å²) in [7, 11) is 2.01. The maximum Gasteiger partial charge on any atom is 0.245 e. The molecule has 1 aromatic carbocycles. The van der Waals surface area contributed by atoms with Crippen molar-refractivity contribution in [2.24, 2.45) is 0 Å². The van der Waals surface area contributed by atoms with E-state index >= 15 is 0 Å². The normalized spacial score (nSPS) is 31.4. The van der Waals surface area contributed by atoms with Gasteiger partial charge in [-0.2, -0.15) is 0 Å². The number of aliphatic hydroxyl groups is 1. The van der Waals surface area contributed by atoms with Gasteiger partial charge in [-0.3, -0.25) is 9.69 Å². The highest BCUT2D eigenvalue weighted by atomic mass is 16.3. The van der Waals surface area contributed by atoms with E-state index in [-0.39, 0.29) is 24.0 Å². The number of amides is 1. The third-order valence-electron chi connectivity index (χ3n) is 5.51. The molecule has 4 nitrogen and oxygen atoms in total. The predicted octanol–water partition coefficient (Wildman–Crippen LogP) is 2.58. The standard InChI is InChI=1S/C19H28N2O2/c1-4-20(3)17(14-8-6-5-7-9-14)18(22)21-15-10-11-16(21)13-19(2,23)12-15/h5-9,15-17,23H,4,10-13H2,1-3H3/t15-,16-,17+/m0/s1. The lowest BCUT2D eigenvalue weighted by Crippen LogP contribution is -2.54. The van der Waals surface area contributed by atoms with Gasteiger partial charge in [-0.05, 0) is 51.8 Å². The number of likely N-dealkylation sites (N-methyl/N-ethyl adjacent to an activating group) is 1. The van der Waals surface area contributed by atoms with E-state index in [1.165, 1.54) is 0 Å². The van der Waals surface area contributed by atoms with Crippen LogP contribution in [0.4, 0.5) is 0 Å². The molecule has 0 aromatic heterocycles. The van der Waals surface area contributed by atoms with Crippen molar-refractivity contribution in [1.82, 2.24) is 9.80 Å². The average Bonchev–Trinajstić information content (AvgIpc) is 2.81. The molecule has 2 fully saturated rings. The highest BCUT2D eigenvalue weighted by molar-refractivity contribution is 5.84. The Morgan fingerprint density at radius 1 is 1.30 bits per heavy atom. The van der Waals surface area contributed by atoms with Crippen LogP contribution in [0.25, 0.3) is 0 Å². The second-order valence-corrected chi connectivity index (χ2v) is 7.42. The van der Waals surface area contributed by atoms with Crippen LogP contribution in [0.15, 0.2) is 30.3 Å². The molecule has 2 aliphatic heterocycles. The molecule has 0 radical (unpaired) electrons. The van der Waals surface area contributed by atoms with Crippen LogP contribution in [0.1, 0.15) is 51.1 Å². The smallest absolute Gasteiger partial charge is 0.245 e. The van der Waals surface area contributed by atoms with Crippen molar-refractivity contribution in [3.63, 3.8) is 0 Å². The Morgan fingerprint density at radius 2 is 1.87 bits per heavy atom. The van der Waals surface area contributed by atoms with E-state index in [9.17, 15) is 9.90 Å². The van der Waals surface area contributed by atoms with Gasteiger partial charge in [0.05, 0.1) is 5.60 Å². The average molecular weight is 316 g/mol.